The van der Waals surface area contributed by atoms with E-state index in [-0.39, 0.29) is 16.9 Å². The van der Waals surface area contributed by atoms with E-state index in [2.05, 4.69) is 16.9 Å². The molecular weight excluding hydrogens is 462 g/mol. The summed E-state index contributed by atoms with van der Waals surface area (Å²) in [7, 11) is -2.02. The fraction of sp³-hybridized carbons (Fsp3) is 0.400. The average Bonchev–Trinajstić information content (AvgIpc) is 3.14. The molecule has 176 valence electrons. The lowest BCUT2D eigenvalue weighted by Crippen LogP contribution is -2.38. The van der Waals surface area contributed by atoms with Gasteiger partial charge in [-0.15, -0.1) is 0 Å². The summed E-state index contributed by atoms with van der Waals surface area (Å²) >= 11 is 6.67. The first-order chi connectivity index (χ1) is 15.8. The first-order valence-electron chi connectivity index (χ1n) is 11.1. The highest BCUT2D eigenvalue weighted by Crippen LogP contribution is 2.41. The fourth-order valence-electron chi connectivity index (χ4n) is 4.60. The molecule has 0 bridgehead atoms. The number of nitrogens with one attached hydrogen (secondary N) is 1. The minimum atomic E-state index is -3.70. The molecule has 33 heavy (non-hydrogen) atoms. The smallest absolute Gasteiger partial charge is 0.306 e. The summed E-state index contributed by atoms with van der Waals surface area (Å²) in [4.78, 5) is 11.3. The number of benzene rings is 2. The third kappa shape index (κ3) is 5.32. The van der Waals surface area contributed by atoms with Gasteiger partial charge in [-0.05, 0) is 72.1 Å². The van der Waals surface area contributed by atoms with Gasteiger partial charge < -0.3 is 9.84 Å². The molecule has 0 heterocycles. The highest BCUT2D eigenvalue weighted by Gasteiger charge is 2.30. The molecule has 2 aromatic carbocycles. The van der Waals surface area contributed by atoms with Crippen molar-refractivity contribution in [1.82, 2.24) is 4.72 Å². The molecule has 2 aromatic rings. The van der Waals surface area contributed by atoms with Crippen LogP contribution in [0.4, 0.5) is 0 Å². The van der Waals surface area contributed by atoms with Crippen molar-refractivity contribution in [3.63, 3.8) is 0 Å². The van der Waals surface area contributed by atoms with Crippen molar-refractivity contribution < 1.29 is 23.1 Å². The van der Waals surface area contributed by atoms with Crippen LogP contribution in [0.3, 0.4) is 0 Å². The molecule has 0 radical (unpaired) electrons. The summed E-state index contributed by atoms with van der Waals surface area (Å²) in [5.41, 5.74) is 4.94. The molecule has 1 saturated carbocycles. The summed E-state index contributed by atoms with van der Waals surface area (Å²) in [5.74, 6) is -1.19. The van der Waals surface area contributed by atoms with E-state index in [4.69, 9.17) is 21.4 Å². The molecule has 0 atom stereocenters. The molecule has 8 heteroatoms. The number of halogens is 1. The number of aliphatic carboxylic acids is 1. The van der Waals surface area contributed by atoms with Crippen LogP contribution >= 0.6 is 11.6 Å². The standard InChI is InChI=1S/C25H28ClNO5S/c1-32-13-12-16-2-4-17(5-3-16)23-15-19-14-21(10-11-22(19)24(23)26)33(30,31)27-20-8-6-18(7-9-20)25(28)29/h2-5,10-11,14,18,20,27H,6-9,12-13,15H2,1H3,(H,28,29). The Morgan fingerprint density at radius 3 is 2.45 bits per heavy atom. The van der Waals surface area contributed by atoms with Crippen molar-refractivity contribution in [2.24, 2.45) is 5.92 Å². The van der Waals surface area contributed by atoms with Crippen LogP contribution in [0.25, 0.3) is 10.6 Å². The number of rotatable bonds is 8. The second-order valence-corrected chi connectivity index (χ2v) is 10.8. The van der Waals surface area contributed by atoms with Crippen LogP contribution in [0.2, 0.25) is 0 Å². The van der Waals surface area contributed by atoms with Crippen LogP contribution in [0.5, 0.6) is 0 Å². The first-order valence-corrected chi connectivity index (χ1v) is 13.0. The molecule has 0 saturated heterocycles. The third-order valence-electron chi connectivity index (χ3n) is 6.55. The number of carbonyl (C=O) groups is 1. The Labute approximate surface area is 199 Å². The molecule has 2 N–H and O–H groups in total. The van der Waals surface area contributed by atoms with Crippen molar-refractivity contribution in [2.45, 2.75) is 49.5 Å². The minimum Gasteiger partial charge on any atom is -0.481 e. The largest absolute Gasteiger partial charge is 0.481 e. The molecule has 2 aliphatic carbocycles. The van der Waals surface area contributed by atoms with E-state index >= 15 is 0 Å². The lowest BCUT2D eigenvalue weighted by molar-refractivity contribution is -0.142. The van der Waals surface area contributed by atoms with Gasteiger partial charge in [-0.2, -0.15) is 0 Å². The molecule has 0 aromatic heterocycles. The molecule has 0 spiro atoms. The maximum Gasteiger partial charge on any atom is 0.306 e. The van der Waals surface area contributed by atoms with Crippen molar-refractivity contribution in [3.05, 3.63) is 64.7 Å². The summed E-state index contributed by atoms with van der Waals surface area (Å²) in [5, 5.41) is 9.79. The summed E-state index contributed by atoms with van der Waals surface area (Å²) < 4.78 is 33.9. The Balaban J connectivity index is 1.46. The monoisotopic (exact) mass is 489 g/mol. The predicted octanol–water partition coefficient (Wildman–Crippen LogP) is 4.46. The Morgan fingerprint density at radius 1 is 1.12 bits per heavy atom. The van der Waals surface area contributed by atoms with Crippen LogP contribution in [-0.4, -0.2) is 39.3 Å². The summed E-state index contributed by atoms with van der Waals surface area (Å²) in [6.07, 6.45) is 3.44. The van der Waals surface area contributed by atoms with Crippen LogP contribution in [0.1, 0.15) is 47.9 Å². The number of allylic oxidation sites excluding steroid dienone is 1. The van der Waals surface area contributed by atoms with Gasteiger partial charge in [0, 0.05) is 19.6 Å². The van der Waals surface area contributed by atoms with Crippen molar-refractivity contribution in [1.29, 1.82) is 0 Å². The zero-order valence-electron chi connectivity index (χ0n) is 18.5. The second kappa shape index (κ2) is 9.97. The Morgan fingerprint density at radius 2 is 1.82 bits per heavy atom. The number of methoxy groups -OCH3 is 1. The number of carboxylic acids is 1. The van der Waals surface area contributed by atoms with E-state index in [1.807, 2.05) is 12.1 Å². The Hall–Kier alpha value is -2.19. The Kier molecular flexibility index (Phi) is 7.24. The van der Waals surface area contributed by atoms with Crippen LogP contribution < -0.4 is 4.72 Å². The quantitative estimate of drug-likeness (QED) is 0.571. The predicted molar refractivity (Wildman–Crippen MR) is 129 cm³/mol. The zero-order chi connectivity index (χ0) is 23.6. The topological polar surface area (TPSA) is 92.7 Å². The third-order valence-corrected chi connectivity index (χ3v) is 8.50. The molecule has 6 nitrogen and oxygen atoms in total. The number of ether oxygens (including phenoxy) is 1. The van der Waals surface area contributed by atoms with E-state index in [0.29, 0.717) is 43.7 Å². The molecule has 4 rings (SSSR count). The SMILES string of the molecule is COCCc1ccc(C2=C(Cl)c3ccc(S(=O)(=O)NC4CCC(C(=O)O)CC4)cc3C2)cc1. The lowest BCUT2D eigenvalue weighted by Gasteiger charge is -2.26. The molecule has 1 fully saturated rings. The minimum absolute atomic E-state index is 0.210. The summed E-state index contributed by atoms with van der Waals surface area (Å²) in [6.45, 7) is 0.667. The van der Waals surface area contributed by atoms with Gasteiger partial charge in [0.2, 0.25) is 10.0 Å². The zero-order valence-corrected chi connectivity index (χ0v) is 20.1. The van der Waals surface area contributed by atoms with Gasteiger partial charge in [0.15, 0.2) is 0 Å². The molecule has 0 amide bonds. The lowest BCUT2D eigenvalue weighted by atomic mass is 9.87. The fourth-order valence-corrected chi connectivity index (χ4v) is 6.31. The van der Waals surface area contributed by atoms with Crippen LogP contribution in [0, 0.1) is 5.92 Å². The van der Waals surface area contributed by atoms with Crippen molar-refractivity contribution >= 4 is 38.2 Å². The van der Waals surface area contributed by atoms with E-state index in [1.54, 1.807) is 25.3 Å². The number of sulfonamides is 1. The van der Waals surface area contributed by atoms with Gasteiger partial charge in [-0.3, -0.25) is 4.79 Å². The van der Waals surface area contributed by atoms with Gasteiger partial charge in [0.05, 0.1) is 22.5 Å². The van der Waals surface area contributed by atoms with Crippen molar-refractivity contribution in [2.75, 3.05) is 13.7 Å². The van der Waals surface area contributed by atoms with Gasteiger partial charge in [-0.1, -0.05) is 41.9 Å². The number of hydrogen-bond acceptors (Lipinski definition) is 4. The van der Waals surface area contributed by atoms with Crippen LogP contribution in [-0.2, 0) is 32.4 Å². The average molecular weight is 490 g/mol. The van der Waals surface area contributed by atoms with Gasteiger partial charge in [0.25, 0.3) is 0 Å². The highest BCUT2D eigenvalue weighted by atomic mass is 35.5. The number of fused-ring (bicyclic) bond motifs is 1. The maximum absolute atomic E-state index is 13.0. The highest BCUT2D eigenvalue weighted by molar-refractivity contribution is 7.89. The normalized spacial score (nSPS) is 20.7. The Bertz CT molecular complexity index is 1170. The maximum atomic E-state index is 13.0. The second-order valence-electron chi connectivity index (χ2n) is 8.74. The van der Waals surface area contributed by atoms with Crippen molar-refractivity contribution in [3.8, 4) is 0 Å². The van der Waals surface area contributed by atoms with Gasteiger partial charge in [0.1, 0.15) is 0 Å². The van der Waals surface area contributed by atoms with Gasteiger partial charge in [-0.25, -0.2) is 13.1 Å². The van der Waals surface area contributed by atoms with E-state index in [9.17, 15) is 13.2 Å². The van der Waals surface area contributed by atoms with E-state index in [0.717, 1.165) is 28.7 Å². The van der Waals surface area contributed by atoms with E-state index in [1.165, 1.54) is 5.56 Å². The summed E-state index contributed by atoms with van der Waals surface area (Å²) in [6, 6.07) is 13.0. The number of hydrogen-bond donors (Lipinski definition) is 2. The molecule has 0 aliphatic heterocycles. The van der Waals surface area contributed by atoms with E-state index < -0.39 is 16.0 Å². The molecule has 2 aliphatic rings. The molecule has 0 unspecified atom stereocenters. The molecular formula is C25H28ClNO5S. The number of carboxylic acid groups (broad SMARTS) is 1. The van der Waals surface area contributed by atoms with Crippen LogP contribution in [0.15, 0.2) is 47.4 Å². The first kappa shape index (κ1) is 24.0. The van der Waals surface area contributed by atoms with Gasteiger partial charge >= 0.3 is 5.97 Å².